The minimum absolute atomic E-state index is 0.0818. The first kappa shape index (κ1) is 20.8. The van der Waals surface area contributed by atoms with Gasteiger partial charge in [0.2, 0.25) is 5.91 Å². The Morgan fingerprint density at radius 3 is 2.74 bits per heavy atom. The van der Waals surface area contributed by atoms with Gasteiger partial charge < -0.3 is 9.73 Å². The molecule has 0 spiro atoms. The maximum Gasteiger partial charge on any atom is 0.419 e. The zero-order chi connectivity index (χ0) is 22.0. The van der Waals surface area contributed by atoms with Gasteiger partial charge in [-0.1, -0.05) is 18.2 Å². The molecule has 0 saturated heterocycles. The Morgan fingerprint density at radius 1 is 1.19 bits per heavy atom. The zero-order valence-corrected chi connectivity index (χ0v) is 17.4. The summed E-state index contributed by atoms with van der Waals surface area (Å²) in [6.07, 6.45) is 5.40. The lowest BCUT2D eigenvalue weighted by atomic mass is 9.89. The molecule has 0 unspecified atom stereocenters. The van der Waals surface area contributed by atoms with Crippen LogP contribution in [-0.4, -0.2) is 15.4 Å². The van der Waals surface area contributed by atoms with Crippen LogP contribution < -0.4 is 11.1 Å². The van der Waals surface area contributed by atoms with Gasteiger partial charge >= 0.3 is 5.76 Å². The Labute approximate surface area is 179 Å². The molecule has 1 amide bonds. The SMILES string of the molecule is C[C@@H](NC(=O)CCCn1c(=O)oc2cc([N+](=O)[O-])ccc21)c1ccc2c(c1)CCCC2. The molecule has 162 valence electrons. The minimum atomic E-state index is -0.585. The standard InChI is InChI=1S/C23H25N3O5/c1-15(17-9-8-16-5-2-3-6-18(16)13-17)24-22(27)7-4-12-25-20-11-10-19(26(29)30)14-21(20)31-23(25)28/h8-11,13-15H,2-7,12H2,1H3,(H,24,27)/t15-/m1/s1. The van der Waals surface area contributed by atoms with Gasteiger partial charge in [0.15, 0.2) is 5.58 Å². The summed E-state index contributed by atoms with van der Waals surface area (Å²) in [5, 5.41) is 13.9. The van der Waals surface area contributed by atoms with E-state index in [9.17, 15) is 19.7 Å². The van der Waals surface area contributed by atoms with Crippen LogP contribution in [0.1, 0.15) is 55.3 Å². The number of carbonyl (C=O) groups is 1. The second kappa shape index (κ2) is 8.75. The fourth-order valence-electron chi connectivity index (χ4n) is 4.20. The minimum Gasteiger partial charge on any atom is -0.407 e. The molecule has 0 radical (unpaired) electrons. The van der Waals surface area contributed by atoms with Crippen molar-refractivity contribution in [2.45, 2.75) is 58.0 Å². The highest BCUT2D eigenvalue weighted by Crippen LogP contribution is 2.25. The Bertz CT molecular complexity index is 1190. The van der Waals surface area contributed by atoms with Gasteiger partial charge in [-0.15, -0.1) is 0 Å². The van der Waals surface area contributed by atoms with E-state index >= 15 is 0 Å². The van der Waals surface area contributed by atoms with E-state index < -0.39 is 10.7 Å². The lowest BCUT2D eigenvalue weighted by Crippen LogP contribution is -2.27. The molecule has 0 aliphatic heterocycles. The highest BCUT2D eigenvalue weighted by atomic mass is 16.6. The number of nitrogens with zero attached hydrogens (tertiary/aromatic N) is 2. The Morgan fingerprint density at radius 2 is 1.97 bits per heavy atom. The van der Waals surface area contributed by atoms with Crippen molar-refractivity contribution in [2.75, 3.05) is 0 Å². The molecule has 1 N–H and O–H groups in total. The van der Waals surface area contributed by atoms with Crippen LogP contribution >= 0.6 is 0 Å². The molecule has 1 aliphatic rings. The number of hydrogen-bond acceptors (Lipinski definition) is 5. The molecule has 1 aliphatic carbocycles. The van der Waals surface area contributed by atoms with E-state index in [0.717, 1.165) is 18.4 Å². The molecule has 1 atom stereocenters. The van der Waals surface area contributed by atoms with Gasteiger partial charge in [0.05, 0.1) is 22.5 Å². The number of rotatable bonds is 7. The van der Waals surface area contributed by atoms with E-state index in [1.165, 1.54) is 46.7 Å². The molecule has 8 heteroatoms. The lowest BCUT2D eigenvalue weighted by Gasteiger charge is -2.20. The van der Waals surface area contributed by atoms with E-state index in [1.54, 1.807) is 0 Å². The third-order valence-corrected chi connectivity index (χ3v) is 5.90. The van der Waals surface area contributed by atoms with Crippen LogP contribution in [0.4, 0.5) is 5.69 Å². The highest BCUT2D eigenvalue weighted by molar-refractivity contribution is 5.77. The normalized spacial score (nSPS) is 14.2. The lowest BCUT2D eigenvalue weighted by molar-refractivity contribution is -0.384. The van der Waals surface area contributed by atoms with E-state index in [1.807, 2.05) is 6.92 Å². The maximum atomic E-state index is 12.4. The molecule has 31 heavy (non-hydrogen) atoms. The molecule has 4 rings (SSSR count). The van der Waals surface area contributed by atoms with Gasteiger partial charge in [-0.2, -0.15) is 0 Å². The van der Waals surface area contributed by atoms with E-state index in [2.05, 4.69) is 23.5 Å². The van der Waals surface area contributed by atoms with Crippen molar-refractivity contribution in [1.82, 2.24) is 9.88 Å². The molecule has 0 fully saturated rings. The van der Waals surface area contributed by atoms with Gasteiger partial charge in [-0.3, -0.25) is 19.5 Å². The van der Waals surface area contributed by atoms with Crippen molar-refractivity contribution < 1.29 is 14.1 Å². The van der Waals surface area contributed by atoms with E-state index in [0.29, 0.717) is 18.5 Å². The Balaban J connectivity index is 1.35. The number of non-ortho nitro benzene ring substituents is 1. The first-order chi connectivity index (χ1) is 14.9. The molecule has 8 nitrogen and oxygen atoms in total. The maximum absolute atomic E-state index is 12.4. The third kappa shape index (κ3) is 4.52. The monoisotopic (exact) mass is 423 g/mol. The van der Waals surface area contributed by atoms with Crippen LogP contribution in [0.5, 0.6) is 0 Å². The molecular weight excluding hydrogens is 398 g/mol. The number of fused-ring (bicyclic) bond motifs is 2. The van der Waals surface area contributed by atoms with Crippen LogP contribution in [0.25, 0.3) is 11.1 Å². The predicted molar refractivity (Wildman–Crippen MR) is 116 cm³/mol. The molecule has 2 aromatic carbocycles. The quantitative estimate of drug-likeness (QED) is 0.456. The summed E-state index contributed by atoms with van der Waals surface area (Å²) in [7, 11) is 0. The number of nitrogens with one attached hydrogen (secondary N) is 1. The average Bonchev–Trinajstić information content (AvgIpc) is 3.07. The summed E-state index contributed by atoms with van der Waals surface area (Å²) in [6, 6.07) is 10.4. The van der Waals surface area contributed by atoms with E-state index in [-0.39, 0.29) is 29.6 Å². The van der Waals surface area contributed by atoms with Crippen LogP contribution in [0.2, 0.25) is 0 Å². The van der Waals surface area contributed by atoms with Crippen LogP contribution in [0.15, 0.2) is 45.6 Å². The number of nitro benzene ring substituents is 1. The number of hydrogen-bond donors (Lipinski definition) is 1. The van der Waals surface area contributed by atoms with Crippen molar-refractivity contribution in [3.63, 3.8) is 0 Å². The predicted octanol–water partition coefficient (Wildman–Crippen LogP) is 4.04. The number of aromatic nitrogens is 1. The number of nitro groups is 1. The van der Waals surface area contributed by atoms with Gasteiger partial charge in [0.1, 0.15) is 0 Å². The number of aryl methyl sites for hydroxylation is 3. The van der Waals surface area contributed by atoms with Crippen molar-refractivity contribution in [1.29, 1.82) is 0 Å². The summed E-state index contributed by atoms with van der Waals surface area (Å²) in [5.41, 5.74) is 4.42. The van der Waals surface area contributed by atoms with Gasteiger partial charge in [0, 0.05) is 19.0 Å². The topological polar surface area (TPSA) is 107 Å². The van der Waals surface area contributed by atoms with Crippen molar-refractivity contribution in [3.05, 3.63) is 73.8 Å². The summed E-state index contributed by atoms with van der Waals surface area (Å²) >= 11 is 0. The van der Waals surface area contributed by atoms with Crippen molar-refractivity contribution in [3.8, 4) is 0 Å². The van der Waals surface area contributed by atoms with Gasteiger partial charge in [0.25, 0.3) is 5.69 Å². The highest BCUT2D eigenvalue weighted by Gasteiger charge is 2.16. The van der Waals surface area contributed by atoms with Gasteiger partial charge in [-0.05, 0) is 61.8 Å². The number of oxazole rings is 1. The van der Waals surface area contributed by atoms with Crippen LogP contribution in [-0.2, 0) is 24.2 Å². The molecule has 0 saturated carbocycles. The number of benzene rings is 2. The van der Waals surface area contributed by atoms with Crippen molar-refractivity contribution >= 4 is 22.7 Å². The zero-order valence-electron chi connectivity index (χ0n) is 17.4. The summed E-state index contributed by atoms with van der Waals surface area (Å²) < 4.78 is 6.52. The summed E-state index contributed by atoms with van der Waals surface area (Å²) in [5.74, 6) is -0.667. The van der Waals surface area contributed by atoms with E-state index in [4.69, 9.17) is 4.42 Å². The number of carbonyl (C=O) groups excluding carboxylic acids is 1. The molecule has 0 bridgehead atoms. The van der Waals surface area contributed by atoms with Crippen LogP contribution in [0.3, 0.4) is 0 Å². The summed E-state index contributed by atoms with van der Waals surface area (Å²) in [4.78, 5) is 34.9. The fourth-order valence-corrected chi connectivity index (χ4v) is 4.20. The summed E-state index contributed by atoms with van der Waals surface area (Å²) in [6.45, 7) is 2.27. The Kier molecular flexibility index (Phi) is 5.88. The fraction of sp³-hybridized carbons (Fsp3) is 0.391. The first-order valence-electron chi connectivity index (χ1n) is 10.6. The van der Waals surface area contributed by atoms with Crippen LogP contribution in [0, 0.1) is 10.1 Å². The molecule has 3 aromatic rings. The molecule has 1 heterocycles. The second-order valence-electron chi connectivity index (χ2n) is 8.06. The molecular formula is C23H25N3O5. The first-order valence-corrected chi connectivity index (χ1v) is 10.6. The van der Waals surface area contributed by atoms with Gasteiger partial charge in [-0.25, -0.2) is 4.79 Å². The Hall–Kier alpha value is -3.42. The molecule has 1 aromatic heterocycles. The largest absolute Gasteiger partial charge is 0.419 e. The number of amides is 1. The smallest absolute Gasteiger partial charge is 0.407 e. The van der Waals surface area contributed by atoms with Crippen molar-refractivity contribution in [2.24, 2.45) is 0 Å². The second-order valence-corrected chi connectivity index (χ2v) is 8.06. The third-order valence-electron chi connectivity index (χ3n) is 5.90. The average molecular weight is 423 g/mol.